The summed E-state index contributed by atoms with van der Waals surface area (Å²) in [5, 5.41) is 0. The second-order valence-electron chi connectivity index (χ2n) is 4.85. The molecule has 100 valence electrons. The van der Waals surface area contributed by atoms with Crippen LogP contribution in [-0.4, -0.2) is 21.1 Å². The van der Waals surface area contributed by atoms with E-state index in [1.807, 2.05) is 0 Å². The Labute approximate surface area is 116 Å². The van der Waals surface area contributed by atoms with E-state index in [0.29, 0.717) is 18.3 Å². The maximum atomic E-state index is 12.2. The van der Waals surface area contributed by atoms with E-state index >= 15 is 0 Å². The number of halogens is 1. The van der Waals surface area contributed by atoms with Crippen molar-refractivity contribution in [1.29, 1.82) is 0 Å². The SMILES string of the molecule is CC(C)C[C@@H]1COc2cc(Br)ccc2S(=O)(=O)N1. The molecule has 0 radical (unpaired) electrons. The molecule has 0 unspecified atom stereocenters. The normalized spacial score (nSPS) is 22.1. The molecule has 0 aromatic heterocycles. The van der Waals surface area contributed by atoms with Crippen molar-refractivity contribution in [3.63, 3.8) is 0 Å². The molecule has 1 aliphatic heterocycles. The zero-order chi connectivity index (χ0) is 13.3. The zero-order valence-electron chi connectivity index (χ0n) is 10.3. The summed E-state index contributed by atoms with van der Waals surface area (Å²) in [5.74, 6) is 0.817. The molecule has 0 aliphatic carbocycles. The van der Waals surface area contributed by atoms with Crippen molar-refractivity contribution in [1.82, 2.24) is 4.72 Å². The third kappa shape index (κ3) is 3.05. The van der Waals surface area contributed by atoms with Gasteiger partial charge in [-0.2, -0.15) is 0 Å². The Balaban J connectivity index is 2.35. The third-order valence-electron chi connectivity index (χ3n) is 2.71. The molecule has 1 atom stereocenters. The van der Waals surface area contributed by atoms with E-state index in [0.717, 1.165) is 10.9 Å². The Morgan fingerprint density at radius 1 is 1.50 bits per heavy atom. The van der Waals surface area contributed by atoms with Crippen LogP contribution in [0.25, 0.3) is 0 Å². The summed E-state index contributed by atoms with van der Waals surface area (Å²) in [6.45, 7) is 4.48. The van der Waals surface area contributed by atoms with Gasteiger partial charge in [-0.3, -0.25) is 0 Å². The van der Waals surface area contributed by atoms with Crippen LogP contribution in [0.4, 0.5) is 0 Å². The molecule has 6 heteroatoms. The second-order valence-corrected chi connectivity index (χ2v) is 7.45. The Morgan fingerprint density at radius 3 is 2.89 bits per heavy atom. The largest absolute Gasteiger partial charge is 0.490 e. The Hall–Kier alpha value is -0.590. The lowest BCUT2D eigenvalue weighted by Crippen LogP contribution is -2.37. The van der Waals surface area contributed by atoms with Gasteiger partial charge in [0.25, 0.3) is 0 Å². The maximum absolute atomic E-state index is 12.2. The molecule has 1 aromatic rings. The summed E-state index contributed by atoms with van der Waals surface area (Å²) in [6.07, 6.45) is 0.758. The van der Waals surface area contributed by atoms with Gasteiger partial charge in [-0.05, 0) is 30.5 Å². The highest BCUT2D eigenvalue weighted by Gasteiger charge is 2.28. The summed E-state index contributed by atoms with van der Waals surface area (Å²) >= 11 is 3.31. The average molecular weight is 334 g/mol. The number of hydrogen-bond donors (Lipinski definition) is 1. The summed E-state index contributed by atoms with van der Waals surface area (Å²) in [7, 11) is -3.49. The Morgan fingerprint density at radius 2 is 2.22 bits per heavy atom. The van der Waals surface area contributed by atoms with Crippen LogP contribution in [0.3, 0.4) is 0 Å². The van der Waals surface area contributed by atoms with Gasteiger partial charge in [-0.25, -0.2) is 13.1 Å². The van der Waals surface area contributed by atoms with Gasteiger partial charge in [0.05, 0.1) is 6.04 Å². The molecule has 4 nitrogen and oxygen atoms in total. The van der Waals surface area contributed by atoms with Gasteiger partial charge in [0, 0.05) is 4.47 Å². The van der Waals surface area contributed by atoms with Gasteiger partial charge in [-0.15, -0.1) is 0 Å². The van der Waals surface area contributed by atoms with Crippen LogP contribution in [0.15, 0.2) is 27.6 Å². The molecule has 1 heterocycles. The monoisotopic (exact) mass is 333 g/mol. The highest BCUT2D eigenvalue weighted by molar-refractivity contribution is 9.10. The molecule has 0 amide bonds. The standard InChI is InChI=1S/C12H16BrNO3S/c1-8(2)5-10-7-17-11-6-9(13)3-4-12(11)18(15,16)14-10/h3-4,6,8,10,14H,5,7H2,1-2H3/t10-/m1/s1. The van der Waals surface area contributed by atoms with Gasteiger partial charge >= 0.3 is 0 Å². The number of hydrogen-bond acceptors (Lipinski definition) is 3. The Bertz CT molecular complexity index is 542. The molecule has 0 saturated carbocycles. The Kier molecular flexibility index (Phi) is 3.99. The van der Waals surface area contributed by atoms with E-state index in [2.05, 4.69) is 34.5 Å². The smallest absolute Gasteiger partial charge is 0.244 e. The fourth-order valence-corrected chi connectivity index (χ4v) is 3.71. The van der Waals surface area contributed by atoms with E-state index in [1.165, 1.54) is 0 Å². The van der Waals surface area contributed by atoms with Gasteiger partial charge < -0.3 is 4.74 Å². The lowest BCUT2D eigenvalue weighted by atomic mass is 10.1. The number of rotatable bonds is 2. The lowest BCUT2D eigenvalue weighted by Gasteiger charge is -2.16. The van der Waals surface area contributed by atoms with E-state index in [4.69, 9.17) is 4.74 Å². The highest BCUT2D eigenvalue weighted by Crippen LogP contribution is 2.30. The molecule has 1 aromatic carbocycles. The minimum absolute atomic E-state index is 0.179. The van der Waals surface area contributed by atoms with Crippen LogP contribution in [0.2, 0.25) is 0 Å². The summed E-state index contributed by atoms with van der Waals surface area (Å²) in [6, 6.07) is 4.76. The van der Waals surface area contributed by atoms with Crippen LogP contribution in [-0.2, 0) is 10.0 Å². The average Bonchev–Trinajstić information content (AvgIpc) is 2.34. The first-order valence-corrected chi connectivity index (χ1v) is 8.11. The minimum Gasteiger partial charge on any atom is -0.490 e. The molecule has 0 spiro atoms. The van der Waals surface area contributed by atoms with E-state index in [1.54, 1.807) is 18.2 Å². The second kappa shape index (κ2) is 5.19. The third-order valence-corrected chi connectivity index (χ3v) is 4.77. The maximum Gasteiger partial charge on any atom is 0.244 e. The lowest BCUT2D eigenvalue weighted by molar-refractivity contribution is 0.262. The van der Waals surface area contributed by atoms with Crippen molar-refractivity contribution in [2.45, 2.75) is 31.2 Å². The molecule has 1 aliphatic rings. The van der Waals surface area contributed by atoms with Gasteiger partial charge in [0.15, 0.2) is 0 Å². The van der Waals surface area contributed by atoms with Crippen LogP contribution < -0.4 is 9.46 Å². The molecule has 0 fully saturated rings. The summed E-state index contributed by atoms with van der Waals surface area (Å²) in [5.41, 5.74) is 0. The molecule has 0 bridgehead atoms. The van der Waals surface area contributed by atoms with E-state index < -0.39 is 10.0 Å². The van der Waals surface area contributed by atoms with E-state index in [9.17, 15) is 8.42 Å². The molecular formula is C12H16BrNO3S. The van der Waals surface area contributed by atoms with Crippen molar-refractivity contribution in [2.75, 3.05) is 6.61 Å². The molecule has 2 rings (SSSR count). The van der Waals surface area contributed by atoms with E-state index in [-0.39, 0.29) is 10.9 Å². The number of benzene rings is 1. The van der Waals surface area contributed by atoms with Crippen molar-refractivity contribution < 1.29 is 13.2 Å². The van der Waals surface area contributed by atoms with Gasteiger partial charge in [0.1, 0.15) is 17.3 Å². The van der Waals surface area contributed by atoms with Crippen molar-refractivity contribution in [3.8, 4) is 5.75 Å². The summed E-state index contributed by atoms with van der Waals surface area (Å²) < 4.78 is 33.5. The number of fused-ring (bicyclic) bond motifs is 1. The number of nitrogens with one attached hydrogen (secondary N) is 1. The van der Waals surface area contributed by atoms with Gasteiger partial charge in [-0.1, -0.05) is 29.8 Å². The number of sulfonamides is 1. The van der Waals surface area contributed by atoms with Crippen LogP contribution in [0.1, 0.15) is 20.3 Å². The highest BCUT2D eigenvalue weighted by atomic mass is 79.9. The van der Waals surface area contributed by atoms with Crippen molar-refractivity contribution in [2.24, 2.45) is 5.92 Å². The quantitative estimate of drug-likeness (QED) is 0.904. The van der Waals surface area contributed by atoms with Crippen LogP contribution >= 0.6 is 15.9 Å². The molecule has 18 heavy (non-hydrogen) atoms. The minimum atomic E-state index is -3.49. The zero-order valence-corrected chi connectivity index (χ0v) is 12.7. The number of ether oxygens (including phenoxy) is 1. The summed E-state index contributed by atoms with van der Waals surface area (Å²) in [4.78, 5) is 0.206. The van der Waals surface area contributed by atoms with Crippen molar-refractivity contribution >= 4 is 26.0 Å². The van der Waals surface area contributed by atoms with Crippen LogP contribution in [0.5, 0.6) is 5.75 Å². The first-order valence-electron chi connectivity index (χ1n) is 5.83. The van der Waals surface area contributed by atoms with Gasteiger partial charge in [0.2, 0.25) is 10.0 Å². The predicted molar refractivity (Wildman–Crippen MR) is 73.2 cm³/mol. The first-order chi connectivity index (χ1) is 8.38. The fourth-order valence-electron chi connectivity index (χ4n) is 2.01. The predicted octanol–water partition coefficient (Wildman–Crippen LogP) is 2.53. The molecule has 1 N–H and O–H groups in total. The fraction of sp³-hybridized carbons (Fsp3) is 0.500. The first kappa shape index (κ1) is 13.8. The molecular weight excluding hydrogens is 318 g/mol. The molecule has 0 saturated heterocycles. The topological polar surface area (TPSA) is 55.4 Å². The van der Waals surface area contributed by atoms with Crippen LogP contribution in [0, 0.1) is 5.92 Å². The van der Waals surface area contributed by atoms with Crippen molar-refractivity contribution in [3.05, 3.63) is 22.7 Å².